The average molecular weight is 482 g/mol. The van der Waals surface area contributed by atoms with Crippen LogP contribution in [0.15, 0.2) is 51.1 Å². The minimum absolute atomic E-state index is 0. The first-order chi connectivity index (χ1) is 13.2. The predicted octanol–water partition coefficient (Wildman–Crippen LogP) is -0.854. The zero-order valence-electron chi connectivity index (χ0n) is 15.9. The zero-order chi connectivity index (χ0) is 21.5. The van der Waals surface area contributed by atoms with E-state index in [9.17, 15) is 44.0 Å². The SMILES string of the molecule is O=S(=O)(O)c1c(S(=O)(=O)O)c2ccc3cccc4cc(O)c(c1S(=O)(=O)O)c2c34.[H-].[Na+]. The minimum Gasteiger partial charge on any atom is -1.00 e. The van der Waals surface area contributed by atoms with Crippen LogP contribution in [0.2, 0.25) is 0 Å². The van der Waals surface area contributed by atoms with E-state index in [1.807, 2.05) is 0 Å². The molecular formula is C16H11NaO10S3. The summed E-state index contributed by atoms with van der Waals surface area (Å²) < 4.78 is 101. The third-order valence-corrected chi connectivity index (χ3v) is 7.58. The molecule has 0 spiro atoms. The molecule has 30 heavy (non-hydrogen) atoms. The second-order valence-corrected chi connectivity index (χ2v) is 10.3. The summed E-state index contributed by atoms with van der Waals surface area (Å²) in [6.45, 7) is 0. The molecule has 0 aliphatic heterocycles. The van der Waals surface area contributed by atoms with Crippen LogP contribution in [0, 0.1) is 0 Å². The van der Waals surface area contributed by atoms with Gasteiger partial charge >= 0.3 is 29.6 Å². The maximum atomic E-state index is 12.1. The molecule has 0 saturated carbocycles. The molecule has 0 fully saturated rings. The molecule has 0 bridgehead atoms. The molecule has 0 heterocycles. The standard InChI is InChI=1S/C16H10O10S3.Na.H/c17-10-6-8-3-1-2-7-4-5-9-12(11(7)8)13(10)15(28(21,22)23)16(29(24,25)26)14(9)27(18,19)20;;/h1-6,17H,(H,18,19,20)(H,21,22,23)(H,24,25,26);;/q;+1;-1. The van der Waals surface area contributed by atoms with Crippen LogP contribution in [0.25, 0.3) is 32.3 Å². The molecule has 14 heteroatoms. The first-order valence-electron chi connectivity index (χ1n) is 7.62. The van der Waals surface area contributed by atoms with Crippen LogP contribution in [0.4, 0.5) is 0 Å². The molecule has 0 aliphatic rings. The number of phenolic OH excluding ortho intramolecular Hbond substituents is 1. The maximum absolute atomic E-state index is 12.1. The number of benzene rings is 4. The summed E-state index contributed by atoms with van der Waals surface area (Å²) in [5.74, 6) is -0.791. The van der Waals surface area contributed by atoms with Crippen molar-refractivity contribution in [1.29, 1.82) is 0 Å². The molecule has 4 aromatic rings. The van der Waals surface area contributed by atoms with Crippen LogP contribution in [0.1, 0.15) is 1.43 Å². The van der Waals surface area contributed by atoms with Crippen molar-refractivity contribution in [2.24, 2.45) is 0 Å². The quantitative estimate of drug-likeness (QED) is 0.163. The Morgan fingerprint density at radius 1 is 0.633 bits per heavy atom. The van der Waals surface area contributed by atoms with Crippen LogP contribution in [0.3, 0.4) is 0 Å². The third kappa shape index (κ3) is 3.36. The fourth-order valence-electron chi connectivity index (χ4n) is 3.63. The van der Waals surface area contributed by atoms with Gasteiger partial charge in [-0.1, -0.05) is 30.3 Å². The van der Waals surface area contributed by atoms with Gasteiger partial charge in [-0.25, -0.2) is 0 Å². The Morgan fingerprint density at radius 2 is 1.17 bits per heavy atom. The van der Waals surface area contributed by atoms with Gasteiger partial charge in [0, 0.05) is 16.2 Å². The van der Waals surface area contributed by atoms with Gasteiger partial charge in [-0.3, -0.25) is 13.7 Å². The number of aromatic hydroxyl groups is 1. The minimum atomic E-state index is -5.63. The Hall–Kier alpha value is -1.55. The van der Waals surface area contributed by atoms with Crippen molar-refractivity contribution in [2.45, 2.75) is 14.7 Å². The van der Waals surface area contributed by atoms with Gasteiger partial charge in [0.25, 0.3) is 30.4 Å². The maximum Gasteiger partial charge on any atom is 1.00 e. The van der Waals surface area contributed by atoms with Gasteiger partial charge in [-0.15, -0.1) is 0 Å². The smallest absolute Gasteiger partial charge is 1.00 e. The van der Waals surface area contributed by atoms with E-state index < -0.39 is 61.6 Å². The molecule has 10 nitrogen and oxygen atoms in total. The Bertz CT molecular complexity index is 1680. The Morgan fingerprint density at radius 3 is 1.70 bits per heavy atom. The molecule has 0 radical (unpaired) electrons. The van der Waals surface area contributed by atoms with Gasteiger partial charge in [0.15, 0.2) is 0 Å². The molecule has 154 valence electrons. The predicted molar refractivity (Wildman–Crippen MR) is 102 cm³/mol. The summed E-state index contributed by atoms with van der Waals surface area (Å²) >= 11 is 0. The summed E-state index contributed by atoms with van der Waals surface area (Å²) in [5, 5.41) is 10.1. The molecule has 4 rings (SSSR count). The van der Waals surface area contributed by atoms with E-state index in [0.717, 1.165) is 12.1 Å². The number of hydrogen-bond donors (Lipinski definition) is 4. The van der Waals surface area contributed by atoms with Gasteiger partial charge in [-0.2, -0.15) is 25.3 Å². The number of rotatable bonds is 3. The van der Waals surface area contributed by atoms with Gasteiger partial charge < -0.3 is 6.53 Å². The molecular weight excluding hydrogens is 471 g/mol. The summed E-state index contributed by atoms with van der Waals surface area (Å²) in [6, 6.07) is 8.30. The molecule has 0 amide bonds. The molecule has 4 aromatic carbocycles. The summed E-state index contributed by atoms with van der Waals surface area (Å²) in [6.07, 6.45) is 0. The van der Waals surface area contributed by atoms with Crippen molar-refractivity contribution in [3.05, 3.63) is 36.4 Å². The van der Waals surface area contributed by atoms with E-state index in [-0.39, 0.29) is 41.8 Å². The normalized spacial score (nSPS) is 13.2. The average Bonchev–Trinajstić information content (AvgIpc) is 2.56. The largest absolute Gasteiger partial charge is 1.00 e. The van der Waals surface area contributed by atoms with Crippen LogP contribution in [0.5, 0.6) is 5.75 Å². The van der Waals surface area contributed by atoms with Crippen molar-refractivity contribution in [3.8, 4) is 5.75 Å². The van der Waals surface area contributed by atoms with Crippen molar-refractivity contribution in [1.82, 2.24) is 0 Å². The van der Waals surface area contributed by atoms with E-state index in [0.29, 0.717) is 10.8 Å². The summed E-state index contributed by atoms with van der Waals surface area (Å²) in [5.41, 5.74) is 0. The first kappa shape index (κ1) is 23.1. The molecule has 0 aromatic heterocycles. The van der Waals surface area contributed by atoms with E-state index >= 15 is 0 Å². The van der Waals surface area contributed by atoms with Crippen molar-refractivity contribution < 1.29 is 75.0 Å². The van der Waals surface area contributed by atoms with E-state index in [1.54, 1.807) is 12.1 Å². The Balaban J connectivity index is 0.00000171. The first-order valence-corrected chi connectivity index (χ1v) is 11.9. The summed E-state index contributed by atoms with van der Waals surface area (Å²) in [4.78, 5) is -4.75. The van der Waals surface area contributed by atoms with E-state index in [4.69, 9.17) is 0 Å². The van der Waals surface area contributed by atoms with E-state index in [2.05, 4.69) is 0 Å². The van der Waals surface area contributed by atoms with Gasteiger partial charge in [0.1, 0.15) is 20.4 Å². The van der Waals surface area contributed by atoms with Crippen molar-refractivity contribution >= 4 is 62.7 Å². The van der Waals surface area contributed by atoms with Crippen molar-refractivity contribution in [3.63, 3.8) is 0 Å². The molecule has 0 unspecified atom stereocenters. The number of phenols is 1. The Labute approximate surface area is 193 Å². The third-order valence-electron chi connectivity index (χ3n) is 4.53. The molecule has 4 N–H and O–H groups in total. The van der Waals surface area contributed by atoms with Crippen molar-refractivity contribution in [2.75, 3.05) is 0 Å². The fraction of sp³-hybridized carbons (Fsp3) is 0. The summed E-state index contributed by atoms with van der Waals surface area (Å²) in [7, 11) is -16.6. The topological polar surface area (TPSA) is 183 Å². The zero-order valence-corrected chi connectivity index (χ0v) is 19.4. The van der Waals surface area contributed by atoms with Crippen LogP contribution in [-0.2, 0) is 30.4 Å². The monoisotopic (exact) mass is 482 g/mol. The second-order valence-electron chi connectivity index (χ2n) is 6.25. The molecule has 0 atom stereocenters. The molecule has 0 aliphatic carbocycles. The fourth-order valence-corrected chi connectivity index (χ4v) is 7.22. The molecule has 0 saturated heterocycles. The van der Waals surface area contributed by atoms with Gasteiger partial charge in [-0.05, 0) is 22.2 Å². The van der Waals surface area contributed by atoms with Gasteiger partial charge in [0.05, 0.1) is 0 Å². The van der Waals surface area contributed by atoms with Crippen LogP contribution < -0.4 is 29.6 Å². The van der Waals surface area contributed by atoms with Crippen LogP contribution >= 0.6 is 0 Å². The second kappa shape index (κ2) is 6.98. The van der Waals surface area contributed by atoms with Gasteiger partial charge in [0.2, 0.25) is 0 Å². The van der Waals surface area contributed by atoms with Crippen LogP contribution in [-0.4, -0.2) is 44.0 Å². The Kier molecular flexibility index (Phi) is 5.38. The number of hydrogen-bond acceptors (Lipinski definition) is 7. The van der Waals surface area contributed by atoms with E-state index in [1.165, 1.54) is 12.1 Å².